The molecule has 5 heteroatoms. The first-order valence-corrected chi connectivity index (χ1v) is 7.03. The van der Waals surface area contributed by atoms with Gasteiger partial charge in [0.25, 0.3) is 0 Å². The predicted molar refractivity (Wildman–Crippen MR) is 76.5 cm³/mol. The molecule has 2 rings (SSSR count). The smallest absolute Gasteiger partial charge is 0.228 e. The fraction of sp³-hybridized carbons (Fsp3) is 0.714. The van der Waals surface area contributed by atoms with Gasteiger partial charge in [0.05, 0.1) is 6.61 Å². The number of nitrogens with zero attached hydrogens (tertiary/aromatic N) is 3. The van der Waals surface area contributed by atoms with Crippen molar-refractivity contribution in [1.29, 1.82) is 0 Å². The first-order chi connectivity index (χ1) is 9.08. The minimum absolute atomic E-state index is 0.389. The van der Waals surface area contributed by atoms with E-state index < -0.39 is 0 Å². The lowest BCUT2D eigenvalue weighted by Crippen LogP contribution is -2.42. The summed E-state index contributed by atoms with van der Waals surface area (Å²) in [7, 11) is 2.03. The van der Waals surface area contributed by atoms with Crippen molar-refractivity contribution in [1.82, 2.24) is 9.97 Å². The topological polar surface area (TPSA) is 64.3 Å². The number of aryl methyl sites for hydroxylation is 1. The molecule has 0 amide bonds. The Hall–Kier alpha value is -1.36. The van der Waals surface area contributed by atoms with Gasteiger partial charge in [-0.05, 0) is 32.1 Å². The van der Waals surface area contributed by atoms with E-state index in [4.69, 9.17) is 10.5 Å². The van der Waals surface area contributed by atoms with Crippen molar-refractivity contribution >= 4 is 5.95 Å². The standard InChI is InChI=1S/C14H24N4O/c1-4-5-19-13-6-10(2)16-14(17-13)18(3)9-11-7-12(15)8-11/h6,11-12H,4-5,7-9,15H2,1-3H3. The molecule has 1 aromatic rings. The summed E-state index contributed by atoms with van der Waals surface area (Å²) < 4.78 is 5.59. The van der Waals surface area contributed by atoms with Gasteiger partial charge in [-0.15, -0.1) is 0 Å². The van der Waals surface area contributed by atoms with Gasteiger partial charge >= 0.3 is 0 Å². The van der Waals surface area contributed by atoms with E-state index in [0.29, 0.717) is 24.4 Å². The SMILES string of the molecule is CCCOc1cc(C)nc(N(C)CC2CC(N)C2)n1. The maximum Gasteiger partial charge on any atom is 0.228 e. The molecule has 19 heavy (non-hydrogen) atoms. The lowest BCUT2D eigenvalue weighted by Gasteiger charge is -2.35. The maximum absolute atomic E-state index is 5.82. The van der Waals surface area contributed by atoms with E-state index in [9.17, 15) is 0 Å². The molecule has 0 bridgehead atoms. The highest BCUT2D eigenvalue weighted by Crippen LogP contribution is 2.27. The van der Waals surface area contributed by atoms with Crippen LogP contribution in [0.5, 0.6) is 5.88 Å². The summed E-state index contributed by atoms with van der Waals surface area (Å²) in [6.45, 7) is 5.71. The zero-order valence-electron chi connectivity index (χ0n) is 12.1. The van der Waals surface area contributed by atoms with Gasteiger partial charge in [0.15, 0.2) is 0 Å². The van der Waals surface area contributed by atoms with E-state index in [2.05, 4.69) is 21.8 Å². The van der Waals surface area contributed by atoms with Crippen LogP contribution in [0.1, 0.15) is 31.9 Å². The predicted octanol–water partition coefficient (Wildman–Crippen LogP) is 1.75. The third kappa shape index (κ3) is 3.80. The Morgan fingerprint density at radius 2 is 2.16 bits per heavy atom. The third-order valence-corrected chi connectivity index (χ3v) is 3.42. The Morgan fingerprint density at radius 1 is 1.42 bits per heavy atom. The molecular weight excluding hydrogens is 240 g/mol. The summed E-state index contributed by atoms with van der Waals surface area (Å²) in [5, 5.41) is 0. The first-order valence-electron chi connectivity index (χ1n) is 7.03. The number of hydrogen-bond acceptors (Lipinski definition) is 5. The number of aromatic nitrogens is 2. The zero-order chi connectivity index (χ0) is 13.8. The van der Waals surface area contributed by atoms with Crippen molar-refractivity contribution in [3.8, 4) is 5.88 Å². The average molecular weight is 264 g/mol. The molecule has 0 unspecified atom stereocenters. The van der Waals surface area contributed by atoms with Gasteiger partial charge < -0.3 is 15.4 Å². The van der Waals surface area contributed by atoms with Crippen LogP contribution < -0.4 is 15.4 Å². The van der Waals surface area contributed by atoms with Gasteiger partial charge in [-0.2, -0.15) is 4.98 Å². The molecule has 1 heterocycles. The van der Waals surface area contributed by atoms with Crippen molar-refractivity contribution in [2.75, 3.05) is 25.1 Å². The molecule has 1 fully saturated rings. The summed E-state index contributed by atoms with van der Waals surface area (Å²) >= 11 is 0. The minimum Gasteiger partial charge on any atom is -0.478 e. The summed E-state index contributed by atoms with van der Waals surface area (Å²) in [4.78, 5) is 11.0. The molecule has 1 aliphatic rings. The summed E-state index contributed by atoms with van der Waals surface area (Å²) in [6.07, 6.45) is 3.19. The van der Waals surface area contributed by atoms with Crippen LogP contribution in [0.15, 0.2) is 6.07 Å². The average Bonchev–Trinajstić information content (AvgIpc) is 2.33. The molecule has 5 nitrogen and oxygen atoms in total. The summed E-state index contributed by atoms with van der Waals surface area (Å²) in [5.41, 5.74) is 6.75. The molecule has 0 saturated heterocycles. The monoisotopic (exact) mass is 264 g/mol. The minimum atomic E-state index is 0.389. The Labute approximate surface area is 115 Å². The van der Waals surface area contributed by atoms with Gasteiger partial charge in [0.1, 0.15) is 0 Å². The number of rotatable bonds is 6. The van der Waals surface area contributed by atoms with Crippen molar-refractivity contribution in [3.63, 3.8) is 0 Å². The van der Waals surface area contributed by atoms with Crippen molar-refractivity contribution < 1.29 is 4.74 Å². The maximum atomic E-state index is 5.82. The van der Waals surface area contributed by atoms with Crippen molar-refractivity contribution in [2.24, 2.45) is 11.7 Å². The quantitative estimate of drug-likeness (QED) is 0.848. The van der Waals surface area contributed by atoms with Gasteiger partial charge in [-0.3, -0.25) is 0 Å². The van der Waals surface area contributed by atoms with Crippen LogP contribution in [0, 0.1) is 12.8 Å². The Bertz CT molecular complexity index is 418. The molecular formula is C14H24N4O. The van der Waals surface area contributed by atoms with Crippen molar-refractivity contribution in [3.05, 3.63) is 11.8 Å². The van der Waals surface area contributed by atoms with Gasteiger partial charge in [-0.1, -0.05) is 6.92 Å². The van der Waals surface area contributed by atoms with Crippen LogP contribution in [0.4, 0.5) is 5.95 Å². The van der Waals surface area contributed by atoms with Crippen LogP contribution in [-0.4, -0.2) is 36.2 Å². The Kier molecular flexibility index (Phi) is 4.58. The molecule has 0 radical (unpaired) electrons. The fourth-order valence-corrected chi connectivity index (χ4v) is 2.38. The highest BCUT2D eigenvalue weighted by Gasteiger charge is 2.27. The lowest BCUT2D eigenvalue weighted by molar-refractivity contribution is 0.269. The van der Waals surface area contributed by atoms with Crippen LogP contribution >= 0.6 is 0 Å². The molecule has 0 aromatic carbocycles. The molecule has 0 atom stereocenters. The molecule has 0 aliphatic heterocycles. The van der Waals surface area contributed by atoms with Gasteiger partial charge in [0, 0.05) is 31.4 Å². The molecule has 1 saturated carbocycles. The van der Waals surface area contributed by atoms with E-state index in [1.165, 1.54) is 0 Å². The molecule has 1 aromatic heterocycles. The van der Waals surface area contributed by atoms with E-state index in [1.807, 2.05) is 20.0 Å². The van der Waals surface area contributed by atoms with Crippen LogP contribution in [0.2, 0.25) is 0 Å². The van der Waals surface area contributed by atoms with E-state index in [0.717, 1.165) is 37.4 Å². The summed E-state index contributed by atoms with van der Waals surface area (Å²) in [6, 6.07) is 2.27. The van der Waals surface area contributed by atoms with E-state index in [-0.39, 0.29) is 0 Å². The van der Waals surface area contributed by atoms with Crippen LogP contribution in [0.25, 0.3) is 0 Å². The van der Waals surface area contributed by atoms with Crippen LogP contribution in [-0.2, 0) is 0 Å². The Balaban J connectivity index is 1.99. The lowest BCUT2D eigenvalue weighted by atomic mass is 9.81. The van der Waals surface area contributed by atoms with E-state index >= 15 is 0 Å². The largest absolute Gasteiger partial charge is 0.478 e. The summed E-state index contributed by atoms with van der Waals surface area (Å²) in [5.74, 6) is 2.08. The third-order valence-electron chi connectivity index (χ3n) is 3.42. The fourth-order valence-electron chi connectivity index (χ4n) is 2.38. The number of anilines is 1. The zero-order valence-corrected chi connectivity index (χ0v) is 12.1. The number of nitrogens with two attached hydrogens (primary N) is 1. The van der Waals surface area contributed by atoms with Gasteiger partial charge in [0.2, 0.25) is 11.8 Å². The number of hydrogen-bond donors (Lipinski definition) is 1. The first kappa shape index (κ1) is 14.1. The van der Waals surface area contributed by atoms with Crippen molar-refractivity contribution in [2.45, 2.75) is 39.2 Å². The molecule has 1 aliphatic carbocycles. The molecule has 0 spiro atoms. The second-order valence-corrected chi connectivity index (χ2v) is 5.47. The molecule has 106 valence electrons. The van der Waals surface area contributed by atoms with E-state index in [1.54, 1.807) is 0 Å². The second-order valence-electron chi connectivity index (χ2n) is 5.47. The van der Waals surface area contributed by atoms with Crippen LogP contribution in [0.3, 0.4) is 0 Å². The Morgan fingerprint density at radius 3 is 2.79 bits per heavy atom. The molecule has 2 N–H and O–H groups in total. The second kappa shape index (κ2) is 6.19. The van der Waals surface area contributed by atoms with Gasteiger partial charge in [-0.25, -0.2) is 4.98 Å². The highest BCUT2D eigenvalue weighted by atomic mass is 16.5. The number of ether oxygens (including phenoxy) is 1. The normalized spacial score (nSPS) is 21.9. The highest BCUT2D eigenvalue weighted by molar-refractivity contribution is 5.33.